The van der Waals surface area contributed by atoms with E-state index in [1.54, 1.807) is 0 Å². The Labute approximate surface area is 120 Å². The Bertz CT molecular complexity index is 511. The number of carbonyl (C=O) groups excluding carboxylic acids is 1. The number of carboxylic acids is 1. The second kappa shape index (κ2) is 8.15. The smallest absolute Gasteiger partial charge is 0.323 e. The first-order valence-corrected chi connectivity index (χ1v) is 6.11. The number of rotatable bonds is 7. The number of hydrogen-bond donors (Lipinski definition) is 2. The maximum absolute atomic E-state index is 13.4. The molecule has 8 heteroatoms. The summed E-state index contributed by atoms with van der Waals surface area (Å²) >= 11 is 0. The number of aliphatic carboxylic acids is 1. The fraction of sp³-hybridized carbons (Fsp3) is 0.385. The number of nitrogens with one attached hydrogen (secondary N) is 1. The third kappa shape index (κ3) is 5.74. The number of carboxylic acid groups (broad SMARTS) is 1. The molecule has 1 aromatic rings. The highest BCUT2D eigenvalue weighted by Gasteiger charge is 2.16. The summed E-state index contributed by atoms with van der Waals surface area (Å²) in [6.45, 7) is -0.526. The number of ether oxygens (including phenoxy) is 1. The average Bonchev–Trinajstić information content (AvgIpc) is 2.43. The van der Waals surface area contributed by atoms with E-state index in [9.17, 15) is 18.4 Å². The molecule has 1 rings (SSSR count). The van der Waals surface area contributed by atoms with Crippen LogP contribution >= 0.6 is 0 Å². The second-order valence-electron chi connectivity index (χ2n) is 4.20. The van der Waals surface area contributed by atoms with Gasteiger partial charge in [0, 0.05) is 25.8 Å². The van der Waals surface area contributed by atoms with Crippen LogP contribution < -0.4 is 5.32 Å². The van der Waals surface area contributed by atoms with Crippen molar-refractivity contribution in [2.45, 2.75) is 6.54 Å². The van der Waals surface area contributed by atoms with Gasteiger partial charge in [-0.3, -0.25) is 4.79 Å². The molecule has 0 fully saturated rings. The Balaban J connectivity index is 2.63. The van der Waals surface area contributed by atoms with Crippen molar-refractivity contribution in [2.24, 2.45) is 0 Å². The summed E-state index contributed by atoms with van der Waals surface area (Å²) in [5, 5.41) is 11.1. The van der Waals surface area contributed by atoms with E-state index in [-0.39, 0.29) is 25.3 Å². The zero-order valence-corrected chi connectivity index (χ0v) is 11.4. The van der Waals surface area contributed by atoms with Crippen molar-refractivity contribution in [2.75, 3.05) is 26.8 Å². The number of hydrogen-bond acceptors (Lipinski definition) is 3. The van der Waals surface area contributed by atoms with Gasteiger partial charge in [-0.1, -0.05) is 0 Å². The van der Waals surface area contributed by atoms with Crippen LogP contribution in [0.5, 0.6) is 0 Å². The fourth-order valence-corrected chi connectivity index (χ4v) is 1.58. The Morgan fingerprint density at radius 3 is 2.71 bits per heavy atom. The van der Waals surface area contributed by atoms with Crippen LogP contribution in [-0.4, -0.2) is 48.8 Å². The molecule has 0 aromatic heterocycles. The summed E-state index contributed by atoms with van der Waals surface area (Å²) in [7, 11) is 1.42. The van der Waals surface area contributed by atoms with Crippen molar-refractivity contribution >= 4 is 12.0 Å². The molecule has 0 aliphatic heterocycles. The van der Waals surface area contributed by atoms with Gasteiger partial charge in [0.15, 0.2) is 0 Å². The summed E-state index contributed by atoms with van der Waals surface area (Å²) in [5.74, 6) is -2.46. The molecular formula is C13H16F2N2O4. The van der Waals surface area contributed by atoms with E-state index in [2.05, 4.69) is 5.32 Å². The number of halogens is 2. The van der Waals surface area contributed by atoms with Crippen LogP contribution in [0.3, 0.4) is 0 Å². The predicted octanol–water partition coefficient (Wildman–Crippen LogP) is 1.21. The van der Waals surface area contributed by atoms with Crippen LogP contribution in [0.15, 0.2) is 18.2 Å². The van der Waals surface area contributed by atoms with E-state index >= 15 is 0 Å². The first-order valence-electron chi connectivity index (χ1n) is 6.11. The van der Waals surface area contributed by atoms with Gasteiger partial charge in [0.2, 0.25) is 0 Å². The van der Waals surface area contributed by atoms with Gasteiger partial charge in [-0.25, -0.2) is 13.6 Å². The van der Waals surface area contributed by atoms with E-state index in [0.717, 1.165) is 23.1 Å². The molecule has 0 spiro atoms. The van der Waals surface area contributed by atoms with Crippen molar-refractivity contribution in [3.05, 3.63) is 35.4 Å². The molecular weight excluding hydrogens is 286 g/mol. The second-order valence-corrected chi connectivity index (χ2v) is 4.20. The summed E-state index contributed by atoms with van der Waals surface area (Å²) in [6.07, 6.45) is 0. The molecule has 0 heterocycles. The van der Waals surface area contributed by atoms with Crippen molar-refractivity contribution in [1.29, 1.82) is 0 Å². The number of carbonyl (C=O) groups is 2. The fourth-order valence-electron chi connectivity index (χ4n) is 1.58. The number of benzene rings is 1. The zero-order chi connectivity index (χ0) is 15.8. The minimum absolute atomic E-state index is 0.0228. The minimum Gasteiger partial charge on any atom is -0.480 e. The van der Waals surface area contributed by atoms with Gasteiger partial charge < -0.3 is 20.1 Å². The number of methoxy groups -OCH3 is 1. The van der Waals surface area contributed by atoms with Crippen LogP contribution in [0.4, 0.5) is 13.6 Å². The Hall–Kier alpha value is -2.22. The van der Waals surface area contributed by atoms with Gasteiger partial charge in [-0.2, -0.15) is 0 Å². The first-order chi connectivity index (χ1) is 9.93. The van der Waals surface area contributed by atoms with Crippen LogP contribution in [0.2, 0.25) is 0 Å². The zero-order valence-electron chi connectivity index (χ0n) is 11.4. The molecule has 21 heavy (non-hydrogen) atoms. The predicted molar refractivity (Wildman–Crippen MR) is 69.7 cm³/mol. The number of urea groups is 1. The topological polar surface area (TPSA) is 78.9 Å². The lowest BCUT2D eigenvalue weighted by atomic mass is 10.2. The largest absolute Gasteiger partial charge is 0.480 e. The maximum atomic E-state index is 13.4. The Morgan fingerprint density at radius 2 is 2.10 bits per heavy atom. The molecule has 0 saturated carbocycles. The Kier molecular flexibility index (Phi) is 6.54. The van der Waals surface area contributed by atoms with Gasteiger partial charge in [-0.15, -0.1) is 0 Å². The van der Waals surface area contributed by atoms with E-state index < -0.39 is 30.2 Å². The number of amides is 2. The van der Waals surface area contributed by atoms with Crippen molar-refractivity contribution in [3.8, 4) is 0 Å². The molecule has 0 atom stereocenters. The van der Waals surface area contributed by atoms with E-state index in [1.807, 2.05) is 0 Å². The standard InChI is InChI=1S/C13H16F2N2O4/c1-21-5-4-17(8-12(18)19)13(20)16-7-9-6-10(14)2-3-11(9)15/h2-3,6H,4-5,7-8H2,1H3,(H,16,20)(H,18,19). The van der Waals surface area contributed by atoms with E-state index in [1.165, 1.54) is 7.11 Å². The molecule has 0 bridgehead atoms. The van der Waals surface area contributed by atoms with Gasteiger partial charge in [0.1, 0.15) is 18.2 Å². The molecule has 0 unspecified atom stereocenters. The summed E-state index contributed by atoms with van der Waals surface area (Å²) in [6, 6.07) is 2.19. The third-order valence-electron chi connectivity index (χ3n) is 2.62. The lowest BCUT2D eigenvalue weighted by Crippen LogP contribution is -2.44. The van der Waals surface area contributed by atoms with E-state index in [0.29, 0.717) is 0 Å². The minimum atomic E-state index is -1.18. The van der Waals surface area contributed by atoms with Crippen molar-refractivity contribution in [3.63, 3.8) is 0 Å². The molecule has 0 aliphatic rings. The molecule has 6 nitrogen and oxygen atoms in total. The van der Waals surface area contributed by atoms with E-state index in [4.69, 9.17) is 9.84 Å². The monoisotopic (exact) mass is 302 g/mol. The van der Waals surface area contributed by atoms with Crippen LogP contribution in [-0.2, 0) is 16.1 Å². The average molecular weight is 302 g/mol. The highest BCUT2D eigenvalue weighted by atomic mass is 19.1. The molecule has 0 aliphatic carbocycles. The van der Waals surface area contributed by atoms with Gasteiger partial charge >= 0.3 is 12.0 Å². The first kappa shape index (κ1) is 16.8. The quantitative estimate of drug-likeness (QED) is 0.793. The molecule has 2 N–H and O–H groups in total. The normalized spacial score (nSPS) is 10.2. The summed E-state index contributed by atoms with van der Waals surface area (Å²) in [5.41, 5.74) is -0.0228. The lowest BCUT2D eigenvalue weighted by molar-refractivity contribution is -0.137. The van der Waals surface area contributed by atoms with Gasteiger partial charge in [0.25, 0.3) is 0 Å². The van der Waals surface area contributed by atoms with Crippen LogP contribution in [0.25, 0.3) is 0 Å². The van der Waals surface area contributed by atoms with Crippen LogP contribution in [0, 0.1) is 11.6 Å². The molecule has 0 radical (unpaired) electrons. The summed E-state index contributed by atoms with van der Waals surface area (Å²) in [4.78, 5) is 23.5. The lowest BCUT2D eigenvalue weighted by Gasteiger charge is -2.20. The summed E-state index contributed by atoms with van der Waals surface area (Å²) < 4.78 is 31.2. The van der Waals surface area contributed by atoms with Crippen LogP contribution in [0.1, 0.15) is 5.56 Å². The van der Waals surface area contributed by atoms with Gasteiger partial charge in [-0.05, 0) is 18.2 Å². The van der Waals surface area contributed by atoms with Crippen molar-refractivity contribution in [1.82, 2.24) is 10.2 Å². The highest BCUT2D eigenvalue weighted by molar-refractivity contribution is 5.80. The highest BCUT2D eigenvalue weighted by Crippen LogP contribution is 2.09. The molecule has 0 saturated heterocycles. The van der Waals surface area contributed by atoms with Gasteiger partial charge in [0.05, 0.1) is 6.61 Å². The SMILES string of the molecule is COCCN(CC(=O)O)C(=O)NCc1cc(F)ccc1F. The molecule has 1 aromatic carbocycles. The Morgan fingerprint density at radius 1 is 1.38 bits per heavy atom. The number of nitrogens with zero attached hydrogens (tertiary/aromatic N) is 1. The maximum Gasteiger partial charge on any atom is 0.323 e. The van der Waals surface area contributed by atoms with Crippen molar-refractivity contribution < 1.29 is 28.2 Å². The molecule has 116 valence electrons. The molecule has 2 amide bonds. The third-order valence-corrected chi connectivity index (χ3v) is 2.62.